The van der Waals surface area contributed by atoms with Gasteiger partial charge in [-0.1, -0.05) is 13.8 Å². The molecule has 0 aliphatic heterocycles. The summed E-state index contributed by atoms with van der Waals surface area (Å²) in [5.74, 6) is 0.337. The maximum Gasteiger partial charge on any atom is 0.242 e. The van der Waals surface area contributed by atoms with Crippen LogP contribution in [0, 0.1) is 11.8 Å². The third kappa shape index (κ3) is 8.87. The zero-order chi connectivity index (χ0) is 15.5. The van der Waals surface area contributed by atoms with Gasteiger partial charge >= 0.3 is 0 Å². The minimum atomic E-state index is -0.545. The van der Waals surface area contributed by atoms with Gasteiger partial charge in [-0.25, -0.2) is 0 Å². The number of ether oxygens (including phenoxy) is 1. The summed E-state index contributed by atoms with van der Waals surface area (Å²) < 4.78 is 4.84. The van der Waals surface area contributed by atoms with Gasteiger partial charge in [-0.2, -0.15) is 0 Å². The van der Waals surface area contributed by atoms with E-state index < -0.39 is 6.04 Å². The number of nitrogens with one attached hydrogen (secondary N) is 2. The molecule has 1 unspecified atom stereocenters. The summed E-state index contributed by atoms with van der Waals surface area (Å²) in [7, 11) is 1.57. The van der Waals surface area contributed by atoms with Crippen LogP contribution in [0.5, 0.6) is 0 Å². The second kappa shape index (κ2) is 10.6. The number of methoxy groups -OCH3 is 1. The maximum atomic E-state index is 11.9. The zero-order valence-corrected chi connectivity index (χ0v) is 13.1. The molecular formula is C14H29N3O3. The van der Waals surface area contributed by atoms with Crippen LogP contribution in [0.3, 0.4) is 0 Å². The third-order valence-electron chi connectivity index (χ3n) is 2.99. The molecule has 0 aromatic rings. The first-order valence-electron chi connectivity index (χ1n) is 7.16. The molecule has 4 N–H and O–H groups in total. The summed E-state index contributed by atoms with van der Waals surface area (Å²) in [6, 6.07) is -0.545. The number of hydrogen-bond donors (Lipinski definition) is 3. The predicted molar refractivity (Wildman–Crippen MR) is 79.1 cm³/mol. The van der Waals surface area contributed by atoms with Gasteiger partial charge < -0.3 is 21.1 Å². The van der Waals surface area contributed by atoms with Crippen molar-refractivity contribution >= 4 is 11.8 Å². The second-order valence-electron chi connectivity index (χ2n) is 5.51. The smallest absolute Gasteiger partial charge is 0.242 e. The van der Waals surface area contributed by atoms with E-state index in [9.17, 15) is 9.59 Å². The van der Waals surface area contributed by atoms with E-state index in [4.69, 9.17) is 10.5 Å². The maximum absolute atomic E-state index is 11.9. The van der Waals surface area contributed by atoms with Crippen LogP contribution >= 0.6 is 0 Å². The molecule has 6 heteroatoms. The number of carbonyl (C=O) groups is 2. The third-order valence-corrected chi connectivity index (χ3v) is 2.99. The second-order valence-corrected chi connectivity index (χ2v) is 5.51. The Morgan fingerprint density at radius 2 is 1.90 bits per heavy atom. The van der Waals surface area contributed by atoms with Gasteiger partial charge in [-0.15, -0.1) is 0 Å². The predicted octanol–water partition coefficient (Wildman–Crippen LogP) is 0.265. The normalized spacial score (nSPS) is 13.9. The number of rotatable bonds is 10. The van der Waals surface area contributed by atoms with Gasteiger partial charge in [-0.05, 0) is 31.7 Å². The van der Waals surface area contributed by atoms with Crippen LogP contribution in [0.25, 0.3) is 0 Å². The minimum absolute atomic E-state index is 0.129. The fraction of sp³-hybridized carbons (Fsp3) is 0.857. The van der Waals surface area contributed by atoms with Crippen molar-refractivity contribution in [2.45, 2.75) is 39.7 Å². The molecule has 20 heavy (non-hydrogen) atoms. The summed E-state index contributed by atoms with van der Waals surface area (Å²) in [6.45, 7) is 7.25. The largest absolute Gasteiger partial charge is 0.383 e. The molecule has 0 radical (unpaired) electrons. The van der Waals surface area contributed by atoms with E-state index >= 15 is 0 Å². The van der Waals surface area contributed by atoms with Crippen LogP contribution in [0.2, 0.25) is 0 Å². The van der Waals surface area contributed by atoms with E-state index in [2.05, 4.69) is 24.5 Å². The first-order chi connectivity index (χ1) is 9.40. The molecule has 0 fully saturated rings. The van der Waals surface area contributed by atoms with Crippen molar-refractivity contribution in [1.82, 2.24) is 10.6 Å². The van der Waals surface area contributed by atoms with Crippen LogP contribution in [0.15, 0.2) is 0 Å². The van der Waals surface area contributed by atoms with E-state index in [1.165, 1.54) is 0 Å². The highest BCUT2D eigenvalue weighted by Gasteiger charge is 2.18. The van der Waals surface area contributed by atoms with Crippen molar-refractivity contribution in [2.75, 3.05) is 26.8 Å². The van der Waals surface area contributed by atoms with Gasteiger partial charge in [0.15, 0.2) is 0 Å². The van der Waals surface area contributed by atoms with E-state index in [0.29, 0.717) is 32.0 Å². The lowest BCUT2D eigenvalue weighted by molar-refractivity contribution is -0.129. The monoisotopic (exact) mass is 287 g/mol. The van der Waals surface area contributed by atoms with Crippen LogP contribution in [-0.2, 0) is 14.3 Å². The molecule has 0 heterocycles. The molecule has 0 aromatic carbocycles. The number of amides is 2. The Morgan fingerprint density at radius 3 is 2.40 bits per heavy atom. The van der Waals surface area contributed by atoms with Gasteiger partial charge in [0.2, 0.25) is 11.8 Å². The minimum Gasteiger partial charge on any atom is -0.383 e. The van der Waals surface area contributed by atoms with Crippen molar-refractivity contribution in [3.05, 3.63) is 0 Å². The van der Waals surface area contributed by atoms with Gasteiger partial charge in [0.1, 0.15) is 6.04 Å². The molecule has 0 saturated heterocycles. The summed E-state index contributed by atoms with van der Waals surface area (Å²) in [5, 5.41) is 5.38. The van der Waals surface area contributed by atoms with E-state index in [-0.39, 0.29) is 17.7 Å². The Kier molecular flexibility index (Phi) is 10.0. The first kappa shape index (κ1) is 18.9. The Morgan fingerprint density at radius 1 is 1.25 bits per heavy atom. The Balaban J connectivity index is 4.07. The summed E-state index contributed by atoms with van der Waals surface area (Å²) in [4.78, 5) is 23.5. The molecule has 0 aliphatic carbocycles. The van der Waals surface area contributed by atoms with E-state index in [0.717, 1.165) is 6.42 Å². The van der Waals surface area contributed by atoms with Crippen molar-refractivity contribution in [3.63, 3.8) is 0 Å². The van der Waals surface area contributed by atoms with Crippen LogP contribution in [0.1, 0.15) is 33.6 Å². The molecule has 0 rings (SSSR count). The lowest BCUT2D eigenvalue weighted by Crippen LogP contribution is -2.46. The highest BCUT2D eigenvalue weighted by molar-refractivity contribution is 5.87. The summed E-state index contributed by atoms with van der Waals surface area (Å²) in [5.41, 5.74) is 5.67. The average Bonchev–Trinajstić information content (AvgIpc) is 2.37. The van der Waals surface area contributed by atoms with Gasteiger partial charge in [-0.3, -0.25) is 9.59 Å². The summed E-state index contributed by atoms with van der Waals surface area (Å²) in [6.07, 6.45) is 1.28. The van der Waals surface area contributed by atoms with Crippen LogP contribution < -0.4 is 16.4 Å². The van der Waals surface area contributed by atoms with Gasteiger partial charge in [0, 0.05) is 20.1 Å². The fourth-order valence-electron chi connectivity index (χ4n) is 1.99. The van der Waals surface area contributed by atoms with Gasteiger partial charge in [0.05, 0.1) is 6.61 Å². The Bertz CT molecular complexity index is 295. The molecule has 0 aromatic heterocycles. The Labute approximate surface area is 121 Å². The fourth-order valence-corrected chi connectivity index (χ4v) is 1.99. The standard InChI is InChI=1S/C14H29N3O3/c1-10(2)7-12(9-15)8-13(18)17-11(3)14(19)16-5-6-20-4/h10-12H,5-9,15H2,1-4H3,(H,16,19)(H,17,18)/t11?,12-/m0/s1. The van der Waals surface area contributed by atoms with E-state index in [1.807, 2.05) is 0 Å². The highest BCUT2D eigenvalue weighted by atomic mass is 16.5. The van der Waals surface area contributed by atoms with E-state index in [1.54, 1.807) is 14.0 Å². The molecule has 2 amide bonds. The molecule has 6 nitrogen and oxygen atoms in total. The lowest BCUT2D eigenvalue weighted by Gasteiger charge is -2.19. The molecule has 0 spiro atoms. The molecule has 118 valence electrons. The SMILES string of the molecule is COCCNC(=O)C(C)NC(=O)C[C@@H](CN)CC(C)C. The Hall–Kier alpha value is -1.14. The average molecular weight is 287 g/mol. The van der Waals surface area contributed by atoms with Crippen molar-refractivity contribution in [1.29, 1.82) is 0 Å². The quantitative estimate of drug-likeness (QED) is 0.503. The molecule has 2 atom stereocenters. The summed E-state index contributed by atoms with van der Waals surface area (Å²) >= 11 is 0. The molecule has 0 bridgehead atoms. The van der Waals surface area contributed by atoms with Gasteiger partial charge in [0.25, 0.3) is 0 Å². The molecule has 0 saturated carbocycles. The number of hydrogen-bond acceptors (Lipinski definition) is 4. The van der Waals surface area contributed by atoms with Crippen LogP contribution in [-0.4, -0.2) is 44.7 Å². The van der Waals surface area contributed by atoms with Crippen molar-refractivity contribution < 1.29 is 14.3 Å². The highest BCUT2D eigenvalue weighted by Crippen LogP contribution is 2.14. The van der Waals surface area contributed by atoms with Crippen LogP contribution in [0.4, 0.5) is 0 Å². The number of carbonyl (C=O) groups excluding carboxylic acids is 2. The topological polar surface area (TPSA) is 93.5 Å². The molecule has 0 aliphatic rings. The lowest BCUT2D eigenvalue weighted by atomic mass is 9.94. The number of nitrogens with two attached hydrogens (primary N) is 1. The van der Waals surface area contributed by atoms with Crippen molar-refractivity contribution in [3.8, 4) is 0 Å². The van der Waals surface area contributed by atoms with Crippen molar-refractivity contribution in [2.24, 2.45) is 17.6 Å². The molecular weight excluding hydrogens is 258 g/mol. The zero-order valence-electron chi connectivity index (χ0n) is 13.1. The first-order valence-corrected chi connectivity index (χ1v) is 7.16.